The van der Waals surface area contributed by atoms with Gasteiger partial charge in [0.2, 0.25) is 0 Å². The van der Waals surface area contributed by atoms with Crippen molar-refractivity contribution in [2.75, 3.05) is 38.8 Å². The fourth-order valence-electron chi connectivity index (χ4n) is 3.43. The Kier molecular flexibility index (Phi) is 11.1. The predicted octanol–water partition coefficient (Wildman–Crippen LogP) is 7.13. The van der Waals surface area contributed by atoms with Gasteiger partial charge in [0.05, 0.1) is 38.8 Å². The molecule has 0 aromatic heterocycles. The standard InChI is InChI=1S/C24H34O6P2/c1-5-27-31(25,28-6-2)19-23(21-15-11-9-12-16-21)24(22-17-13-10-14-18-22)20-32(26,29-7-3)30-8-4/h9-18H,5-8,19-20H2,1-4H3/b24-23+. The summed E-state index contributed by atoms with van der Waals surface area (Å²) in [5.74, 6) is 0. The lowest BCUT2D eigenvalue weighted by Gasteiger charge is -2.24. The lowest BCUT2D eigenvalue weighted by Crippen LogP contribution is -2.08. The molecule has 0 aliphatic carbocycles. The summed E-state index contributed by atoms with van der Waals surface area (Å²) >= 11 is 0. The molecule has 2 rings (SSSR count). The lowest BCUT2D eigenvalue weighted by molar-refractivity contribution is 0.221. The quantitative estimate of drug-likeness (QED) is 0.212. The fraction of sp³-hybridized carbons (Fsp3) is 0.417. The highest BCUT2D eigenvalue weighted by Crippen LogP contribution is 2.56. The number of hydrogen-bond acceptors (Lipinski definition) is 6. The van der Waals surface area contributed by atoms with Crippen LogP contribution in [0.1, 0.15) is 38.8 Å². The van der Waals surface area contributed by atoms with E-state index in [2.05, 4.69) is 0 Å². The second kappa shape index (κ2) is 13.3. The Balaban J connectivity index is 2.74. The summed E-state index contributed by atoms with van der Waals surface area (Å²) in [7, 11) is -6.88. The van der Waals surface area contributed by atoms with Crippen molar-refractivity contribution >= 4 is 26.3 Å². The van der Waals surface area contributed by atoms with E-state index in [1.54, 1.807) is 27.7 Å². The van der Waals surface area contributed by atoms with E-state index in [-0.39, 0.29) is 38.8 Å². The van der Waals surface area contributed by atoms with Crippen LogP contribution in [0.2, 0.25) is 0 Å². The first-order valence-electron chi connectivity index (χ1n) is 11.0. The minimum atomic E-state index is -3.44. The highest BCUT2D eigenvalue weighted by Gasteiger charge is 2.32. The van der Waals surface area contributed by atoms with E-state index < -0.39 is 15.2 Å². The van der Waals surface area contributed by atoms with Gasteiger partial charge in [-0.1, -0.05) is 60.7 Å². The topological polar surface area (TPSA) is 71.1 Å². The van der Waals surface area contributed by atoms with Gasteiger partial charge in [0.15, 0.2) is 0 Å². The average Bonchev–Trinajstić information content (AvgIpc) is 2.78. The molecule has 176 valence electrons. The van der Waals surface area contributed by atoms with Crippen LogP contribution in [0.25, 0.3) is 11.1 Å². The molecule has 0 radical (unpaired) electrons. The summed E-state index contributed by atoms with van der Waals surface area (Å²) in [6.07, 6.45) is 0.0857. The van der Waals surface area contributed by atoms with Crippen molar-refractivity contribution in [2.24, 2.45) is 0 Å². The molecule has 0 saturated heterocycles. The van der Waals surface area contributed by atoms with Crippen LogP contribution >= 0.6 is 15.2 Å². The summed E-state index contributed by atoms with van der Waals surface area (Å²) in [4.78, 5) is 0. The van der Waals surface area contributed by atoms with E-state index in [1.165, 1.54) is 0 Å². The number of allylic oxidation sites excluding steroid dienone is 2. The molecule has 0 N–H and O–H groups in total. The van der Waals surface area contributed by atoms with Crippen molar-refractivity contribution in [3.05, 3.63) is 71.8 Å². The van der Waals surface area contributed by atoms with E-state index in [0.29, 0.717) is 0 Å². The van der Waals surface area contributed by atoms with Crippen LogP contribution < -0.4 is 0 Å². The van der Waals surface area contributed by atoms with Gasteiger partial charge >= 0.3 is 15.2 Å². The lowest BCUT2D eigenvalue weighted by atomic mass is 9.97. The fourth-order valence-corrected chi connectivity index (χ4v) is 7.04. The van der Waals surface area contributed by atoms with Gasteiger partial charge in [0, 0.05) is 0 Å². The third-order valence-corrected chi connectivity index (χ3v) is 8.63. The summed E-state index contributed by atoms with van der Waals surface area (Å²) in [5, 5.41) is 0. The van der Waals surface area contributed by atoms with Crippen LogP contribution in [-0.2, 0) is 27.2 Å². The Bertz CT molecular complexity index is 846. The molecule has 0 fully saturated rings. The summed E-state index contributed by atoms with van der Waals surface area (Å²) < 4.78 is 49.5. The van der Waals surface area contributed by atoms with Crippen molar-refractivity contribution in [1.29, 1.82) is 0 Å². The first-order chi connectivity index (χ1) is 15.4. The van der Waals surface area contributed by atoms with Crippen LogP contribution in [0.15, 0.2) is 60.7 Å². The van der Waals surface area contributed by atoms with Crippen LogP contribution in [0, 0.1) is 0 Å². The van der Waals surface area contributed by atoms with Crippen molar-refractivity contribution in [3.8, 4) is 0 Å². The summed E-state index contributed by atoms with van der Waals surface area (Å²) in [5.41, 5.74) is 3.18. The van der Waals surface area contributed by atoms with Crippen molar-refractivity contribution < 1.29 is 27.2 Å². The molecule has 0 unspecified atom stereocenters. The monoisotopic (exact) mass is 480 g/mol. The highest BCUT2D eigenvalue weighted by atomic mass is 31.2. The van der Waals surface area contributed by atoms with Gasteiger partial charge in [0.25, 0.3) is 0 Å². The predicted molar refractivity (Wildman–Crippen MR) is 131 cm³/mol. The zero-order valence-corrected chi connectivity index (χ0v) is 21.1. The second-order valence-corrected chi connectivity index (χ2v) is 11.0. The van der Waals surface area contributed by atoms with Gasteiger partial charge in [0.1, 0.15) is 0 Å². The van der Waals surface area contributed by atoms with E-state index in [1.807, 2.05) is 60.7 Å². The minimum Gasteiger partial charge on any atom is -0.309 e. The molecule has 0 heterocycles. The smallest absolute Gasteiger partial charge is 0.309 e. The largest absolute Gasteiger partial charge is 0.335 e. The Hall–Kier alpha value is -1.52. The van der Waals surface area contributed by atoms with E-state index >= 15 is 0 Å². The van der Waals surface area contributed by atoms with Gasteiger partial charge in [-0.2, -0.15) is 0 Å². The molecule has 6 nitrogen and oxygen atoms in total. The molecule has 0 aliphatic rings. The van der Waals surface area contributed by atoms with Crippen LogP contribution in [-0.4, -0.2) is 38.8 Å². The van der Waals surface area contributed by atoms with Crippen LogP contribution in [0.3, 0.4) is 0 Å². The Labute approximate surface area is 192 Å². The van der Waals surface area contributed by atoms with Crippen LogP contribution in [0.4, 0.5) is 0 Å². The molecular weight excluding hydrogens is 446 g/mol. The number of hydrogen-bond donors (Lipinski definition) is 0. The van der Waals surface area contributed by atoms with E-state index in [9.17, 15) is 9.13 Å². The molecule has 0 aliphatic heterocycles. The zero-order chi connectivity index (χ0) is 23.5. The molecule has 0 spiro atoms. The maximum Gasteiger partial charge on any atom is 0.335 e. The molecule has 8 heteroatoms. The molecule has 0 amide bonds. The SMILES string of the molecule is CCOP(=O)(C/C(=C(/CP(=O)(OCC)OCC)c1ccccc1)c1ccccc1)OCC. The first-order valence-corrected chi connectivity index (χ1v) is 14.4. The third-order valence-electron chi connectivity index (χ3n) is 4.62. The summed E-state index contributed by atoms with van der Waals surface area (Å²) in [6.45, 7) is 8.18. The maximum absolute atomic E-state index is 13.5. The Morgan fingerprint density at radius 2 is 0.844 bits per heavy atom. The van der Waals surface area contributed by atoms with Gasteiger partial charge in [-0.25, -0.2) is 0 Å². The average molecular weight is 480 g/mol. The van der Waals surface area contributed by atoms with Gasteiger partial charge < -0.3 is 18.1 Å². The van der Waals surface area contributed by atoms with Crippen molar-refractivity contribution in [2.45, 2.75) is 27.7 Å². The minimum absolute atomic E-state index is 0.0428. The van der Waals surface area contributed by atoms with E-state index in [0.717, 1.165) is 22.3 Å². The summed E-state index contributed by atoms with van der Waals surface area (Å²) in [6, 6.07) is 19.2. The second-order valence-electron chi connectivity index (χ2n) is 6.90. The van der Waals surface area contributed by atoms with E-state index in [4.69, 9.17) is 18.1 Å². The van der Waals surface area contributed by atoms with Crippen molar-refractivity contribution in [1.82, 2.24) is 0 Å². The molecule has 2 aromatic rings. The molecule has 0 saturated carbocycles. The number of benzene rings is 2. The molecular formula is C24H34O6P2. The van der Waals surface area contributed by atoms with Crippen LogP contribution in [0.5, 0.6) is 0 Å². The molecule has 0 atom stereocenters. The molecule has 2 aromatic carbocycles. The normalized spacial score (nSPS) is 13.1. The Morgan fingerprint density at radius 1 is 0.562 bits per heavy atom. The first kappa shape index (κ1) is 26.7. The Morgan fingerprint density at radius 3 is 1.09 bits per heavy atom. The molecule has 32 heavy (non-hydrogen) atoms. The molecule has 0 bridgehead atoms. The maximum atomic E-state index is 13.5. The third kappa shape index (κ3) is 7.81. The number of rotatable bonds is 14. The van der Waals surface area contributed by atoms with Gasteiger partial charge in [-0.05, 0) is 50.0 Å². The van der Waals surface area contributed by atoms with Gasteiger partial charge in [-0.3, -0.25) is 9.13 Å². The highest BCUT2D eigenvalue weighted by molar-refractivity contribution is 7.55. The zero-order valence-electron chi connectivity index (χ0n) is 19.4. The van der Waals surface area contributed by atoms with Crippen molar-refractivity contribution in [3.63, 3.8) is 0 Å². The van der Waals surface area contributed by atoms with Gasteiger partial charge in [-0.15, -0.1) is 0 Å².